The average molecular weight is 195 g/mol. The van der Waals surface area contributed by atoms with Gasteiger partial charge in [-0.2, -0.15) is 0 Å². The summed E-state index contributed by atoms with van der Waals surface area (Å²) in [5, 5.41) is 3.35. The predicted octanol–water partition coefficient (Wildman–Crippen LogP) is 2.12. The molecule has 0 fully saturated rings. The van der Waals surface area contributed by atoms with E-state index in [9.17, 15) is 0 Å². The van der Waals surface area contributed by atoms with Gasteiger partial charge in [0.25, 0.3) is 0 Å². The van der Waals surface area contributed by atoms with E-state index in [1.165, 1.54) is 12.8 Å². The molecule has 1 N–H and O–H groups in total. The zero-order valence-electron chi connectivity index (χ0n) is 9.62. The molecule has 0 aromatic carbocycles. The second-order valence-corrected chi connectivity index (χ2v) is 3.93. The van der Waals surface area contributed by atoms with Crippen molar-refractivity contribution in [2.24, 2.45) is 13.0 Å². The van der Waals surface area contributed by atoms with Gasteiger partial charge in [0, 0.05) is 19.4 Å². The highest BCUT2D eigenvalue weighted by molar-refractivity contribution is 5.00. The lowest BCUT2D eigenvalue weighted by Crippen LogP contribution is -2.26. The van der Waals surface area contributed by atoms with Gasteiger partial charge in [0.1, 0.15) is 5.82 Å². The van der Waals surface area contributed by atoms with Gasteiger partial charge in [-0.1, -0.05) is 20.3 Å². The number of nitrogens with one attached hydrogen (secondary N) is 1. The number of nitrogens with zero attached hydrogens (tertiary/aromatic N) is 2. The van der Waals surface area contributed by atoms with Crippen molar-refractivity contribution >= 4 is 0 Å². The molecular weight excluding hydrogens is 174 g/mol. The molecule has 0 saturated heterocycles. The number of rotatable bonds is 5. The van der Waals surface area contributed by atoms with E-state index in [1.54, 1.807) is 0 Å². The Kier molecular flexibility index (Phi) is 4.14. The summed E-state index contributed by atoms with van der Waals surface area (Å²) in [6, 6.07) is 0.370. The molecule has 1 rings (SSSR count). The summed E-state index contributed by atoms with van der Waals surface area (Å²) < 4.78 is 2.09. The Hall–Kier alpha value is -0.830. The van der Waals surface area contributed by atoms with Crippen LogP contribution in [0.3, 0.4) is 0 Å². The van der Waals surface area contributed by atoms with Crippen LogP contribution in [0.1, 0.15) is 38.6 Å². The van der Waals surface area contributed by atoms with Gasteiger partial charge in [0.2, 0.25) is 0 Å². The van der Waals surface area contributed by atoms with E-state index in [4.69, 9.17) is 0 Å². The van der Waals surface area contributed by atoms with Crippen LogP contribution in [0.25, 0.3) is 0 Å². The largest absolute Gasteiger partial charge is 0.337 e. The minimum absolute atomic E-state index is 0.370. The molecule has 0 aliphatic rings. The van der Waals surface area contributed by atoms with Crippen LogP contribution in [0.4, 0.5) is 0 Å². The fourth-order valence-electron chi connectivity index (χ4n) is 1.97. The fourth-order valence-corrected chi connectivity index (χ4v) is 1.97. The van der Waals surface area contributed by atoms with Crippen LogP contribution in [0, 0.1) is 5.92 Å². The van der Waals surface area contributed by atoms with E-state index in [0.29, 0.717) is 12.0 Å². The van der Waals surface area contributed by atoms with E-state index < -0.39 is 0 Å². The lowest BCUT2D eigenvalue weighted by Gasteiger charge is -2.22. The zero-order valence-corrected chi connectivity index (χ0v) is 9.62. The van der Waals surface area contributed by atoms with Crippen LogP contribution in [-0.2, 0) is 7.05 Å². The molecule has 3 heteroatoms. The maximum absolute atomic E-state index is 4.39. The van der Waals surface area contributed by atoms with Crippen molar-refractivity contribution in [2.75, 3.05) is 7.05 Å². The molecule has 3 nitrogen and oxygen atoms in total. The van der Waals surface area contributed by atoms with E-state index in [2.05, 4.69) is 28.7 Å². The minimum Gasteiger partial charge on any atom is -0.337 e. The Balaban J connectivity index is 2.76. The average Bonchev–Trinajstić information content (AvgIpc) is 2.54. The van der Waals surface area contributed by atoms with Crippen molar-refractivity contribution < 1.29 is 0 Å². The molecule has 1 aromatic rings. The Morgan fingerprint density at radius 1 is 1.57 bits per heavy atom. The third kappa shape index (κ3) is 2.35. The van der Waals surface area contributed by atoms with Gasteiger partial charge in [-0.3, -0.25) is 0 Å². The van der Waals surface area contributed by atoms with Crippen LogP contribution >= 0.6 is 0 Å². The molecule has 0 amide bonds. The third-order valence-corrected chi connectivity index (χ3v) is 2.76. The maximum atomic E-state index is 4.39. The molecule has 80 valence electrons. The molecule has 1 heterocycles. The van der Waals surface area contributed by atoms with Gasteiger partial charge < -0.3 is 9.88 Å². The summed E-state index contributed by atoms with van der Waals surface area (Å²) in [6.07, 6.45) is 6.32. The molecule has 0 bridgehead atoms. The van der Waals surface area contributed by atoms with E-state index in [0.717, 1.165) is 5.82 Å². The number of hydrogen-bond acceptors (Lipinski definition) is 2. The van der Waals surface area contributed by atoms with Gasteiger partial charge in [-0.05, 0) is 19.4 Å². The first-order valence-corrected chi connectivity index (χ1v) is 5.35. The quantitative estimate of drug-likeness (QED) is 0.780. The van der Waals surface area contributed by atoms with Gasteiger partial charge in [0.05, 0.1) is 6.04 Å². The number of aryl methyl sites for hydroxylation is 1. The Morgan fingerprint density at radius 2 is 2.29 bits per heavy atom. The zero-order chi connectivity index (χ0) is 10.6. The lowest BCUT2D eigenvalue weighted by atomic mass is 9.96. The van der Waals surface area contributed by atoms with E-state index in [-0.39, 0.29) is 0 Å². The van der Waals surface area contributed by atoms with Crippen LogP contribution in [0.2, 0.25) is 0 Å². The van der Waals surface area contributed by atoms with Crippen LogP contribution < -0.4 is 5.32 Å². The Labute approximate surface area is 86.5 Å². The third-order valence-electron chi connectivity index (χ3n) is 2.76. The molecule has 0 spiro atoms. The van der Waals surface area contributed by atoms with Crippen molar-refractivity contribution in [3.63, 3.8) is 0 Å². The summed E-state index contributed by atoms with van der Waals surface area (Å²) in [4.78, 5) is 4.39. The smallest absolute Gasteiger partial charge is 0.125 e. The highest BCUT2D eigenvalue weighted by atomic mass is 15.1. The summed E-state index contributed by atoms with van der Waals surface area (Å²) in [6.45, 7) is 4.50. The maximum Gasteiger partial charge on any atom is 0.125 e. The van der Waals surface area contributed by atoms with Gasteiger partial charge in [-0.15, -0.1) is 0 Å². The summed E-state index contributed by atoms with van der Waals surface area (Å²) in [5.74, 6) is 1.76. The first-order chi connectivity index (χ1) is 6.70. The topological polar surface area (TPSA) is 29.9 Å². The molecule has 0 aliphatic heterocycles. The highest BCUT2D eigenvalue weighted by Gasteiger charge is 2.19. The second kappa shape index (κ2) is 5.15. The molecule has 1 aromatic heterocycles. The predicted molar refractivity (Wildman–Crippen MR) is 59.1 cm³/mol. The van der Waals surface area contributed by atoms with Crippen molar-refractivity contribution in [2.45, 2.75) is 32.7 Å². The molecule has 0 radical (unpaired) electrons. The monoisotopic (exact) mass is 195 g/mol. The van der Waals surface area contributed by atoms with E-state index in [1.807, 2.05) is 26.5 Å². The first kappa shape index (κ1) is 11.2. The molecular formula is C11H21N3. The first-order valence-electron chi connectivity index (χ1n) is 5.35. The summed E-state index contributed by atoms with van der Waals surface area (Å²) >= 11 is 0. The summed E-state index contributed by atoms with van der Waals surface area (Å²) in [5.41, 5.74) is 0. The van der Waals surface area contributed by atoms with Gasteiger partial charge in [-0.25, -0.2) is 4.98 Å². The number of imidazole rings is 1. The Morgan fingerprint density at radius 3 is 2.71 bits per heavy atom. The van der Waals surface area contributed by atoms with Gasteiger partial charge in [0.15, 0.2) is 0 Å². The SMILES string of the molecule is CCCC(C)C(NC)c1nccn1C. The van der Waals surface area contributed by atoms with Crippen molar-refractivity contribution in [3.8, 4) is 0 Å². The molecule has 0 aliphatic carbocycles. The standard InChI is InChI=1S/C11H21N3/c1-5-6-9(2)10(12-3)11-13-7-8-14(11)4/h7-10,12H,5-6H2,1-4H3. The molecule has 2 unspecified atom stereocenters. The van der Waals surface area contributed by atoms with Crippen LogP contribution in [0.15, 0.2) is 12.4 Å². The number of hydrogen-bond donors (Lipinski definition) is 1. The summed E-state index contributed by atoms with van der Waals surface area (Å²) in [7, 11) is 4.05. The normalized spacial score (nSPS) is 15.4. The second-order valence-electron chi connectivity index (χ2n) is 3.93. The fraction of sp³-hybridized carbons (Fsp3) is 0.727. The van der Waals surface area contributed by atoms with Crippen LogP contribution in [0.5, 0.6) is 0 Å². The van der Waals surface area contributed by atoms with E-state index >= 15 is 0 Å². The molecule has 0 saturated carbocycles. The van der Waals surface area contributed by atoms with Crippen molar-refractivity contribution in [1.29, 1.82) is 0 Å². The Bertz CT molecular complexity index is 267. The van der Waals surface area contributed by atoms with Crippen molar-refractivity contribution in [1.82, 2.24) is 14.9 Å². The molecule has 2 atom stereocenters. The number of aromatic nitrogens is 2. The van der Waals surface area contributed by atoms with Gasteiger partial charge >= 0.3 is 0 Å². The highest BCUT2D eigenvalue weighted by Crippen LogP contribution is 2.23. The lowest BCUT2D eigenvalue weighted by molar-refractivity contribution is 0.362. The minimum atomic E-state index is 0.370. The van der Waals surface area contributed by atoms with Crippen molar-refractivity contribution in [3.05, 3.63) is 18.2 Å². The molecule has 14 heavy (non-hydrogen) atoms. The van der Waals surface area contributed by atoms with Crippen LogP contribution in [-0.4, -0.2) is 16.6 Å².